The van der Waals surface area contributed by atoms with Crippen molar-refractivity contribution in [3.05, 3.63) is 123 Å². The van der Waals surface area contributed by atoms with Gasteiger partial charge in [-0.3, -0.25) is 4.79 Å². The molecule has 4 rings (SSSR count). The SMILES string of the molecule is COc1ccc(/C=C(\C#N)C(=O)Nc2ccc(OCc3ccc(Br)cc3)cc2)c(OCc2ccc(C)c(C)c2)c1. The lowest BCUT2D eigenvalue weighted by Crippen LogP contribution is -2.13. The van der Waals surface area contributed by atoms with Gasteiger partial charge in [-0.2, -0.15) is 5.26 Å². The van der Waals surface area contributed by atoms with Crippen LogP contribution < -0.4 is 19.5 Å². The van der Waals surface area contributed by atoms with Crippen LogP contribution in [0.5, 0.6) is 17.2 Å². The van der Waals surface area contributed by atoms with Crippen LogP contribution in [0.25, 0.3) is 6.08 Å². The summed E-state index contributed by atoms with van der Waals surface area (Å²) in [5.41, 5.74) is 5.53. The van der Waals surface area contributed by atoms with Gasteiger partial charge >= 0.3 is 0 Å². The average molecular weight is 598 g/mol. The molecule has 6 nitrogen and oxygen atoms in total. The number of hydrogen-bond acceptors (Lipinski definition) is 5. The number of hydrogen-bond donors (Lipinski definition) is 1. The van der Waals surface area contributed by atoms with Gasteiger partial charge in [0.2, 0.25) is 0 Å². The molecule has 0 heterocycles. The van der Waals surface area contributed by atoms with Crippen LogP contribution in [-0.4, -0.2) is 13.0 Å². The summed E-state index contributed by atoms with van der Waals surface area (Å²) in [5.74, 6) is 1.26. The Morgan fingerprint density at radius 2 is 1.52 bits per heavy atom. The van der Waals surface area contributed by atoms with Crippen molar-refractivity contribution in [3.63, 3.8) is 0 Å². The van der Waals surface area contributed by atoms with Crippen molar-refractivity contribution in [2.24, 2.45) is 0 Å². The minimum Gasteiger partial charge on any atom is -0.497 e. The fourth-order valence-corrected chi connectivity index (χ4v) is 4.09. The second kappa shape index (κ2) is 13.5. The molecule has 0 aliphatic carbocycles. The summed E-state index contributed by atoms with van der Waals surface area (Å²) in [7, 11) is 1.57. The van der Waals surface area contributed by atoms with Gasteiger partial charge in [-0.15, -0.1) is 0 Å². The highest BCUT2D eigenvalue weighted by atomic mass is 79.9. The summed E-state index contributed by atoms with van der Waals surface area (Å²) in [6.07, 6.45) is 1.51. The molecule has 202 valence electrons. The van der Waals surface area contributed by atoms with E-state index in [-0.39, 0.29) is 5.57 Å². The predicted octanol–water partition coefficient (Wildman–Crippen LogP) is 7.78. The van der Waals surface area contributed by atoms with Crippen LogP contribution in [-0.2, 0) is 18.0 Å². The molecular weight excluding hydrogens is 568 g/mol. The van der Waals surface area contributed by atoms with Gasteiger partial charge in [-0.05, 0) is 90.7 Å². The molecule has 0 aliphatic rings. The number of aryl methyl sites for hydroxylation is 2. The highest BCUT2D eigenvalue weighted by Gasteiger charge is 2.13. The molecule has 1 N–H and O–H groups in total. The Kier molecular flexibility index (Phi) is 9.61. The van der Waals surface area contributed by atoms with Crippen molar-refractivity contribution < 1.29 is 19.0 Å². The monoisotopic (exact) mass is 596 g/mol. The molecule has 0 atom stereocenters. The lowest BCUT2D eigenvalue weighted by atomic mass is 10.1. The maximum atomic E-state index is 13.0. The van der Waals surface area contributed by atoms with Gasteiger partial charge in [0.1, 0.15) is 42.1 Å². The number of halogens is 1. The molecule has 0 bridgehead atoms. The van der Waals surface area contributed by atoms with Crippen LogP contribution in [0.4, 0.5) is 5.69 Å². The van der Waals surface area contributed by atoms with Crippen LogP contribution in [0.3, 0.4) is 0 Å². The lowest BCUT2D eigenvalue weighted by molar-refractivity contribution is -0.112. The van der Waals surface area contributed by atoms with Gasteiger partial charge in [0.05, 0.1) is 7.11 Å². The van der Waals surface area contributed by atoms with Crippen LogP contribution in [0.1, 0.15) is 27.8 Å². The van der Waals surface area contributed by atoms with E-state index in [9.17, 15) is 10.1 Å². The van der Waals surface area contributed by atoms with Crippen LogP contribution in [0.2, 0.25) is 0 Å². The first-order valence-electron chi connectivity index (χ1n) is 12.6. The smallest absolute Gasteiger partial charge is 0.266 e. The standard InChI is InChI=1S/C33H29BrN2O4/c1-22-4-5-25(16-23(22)2)21-40-32-18-31(38-3)13-8-26(32)17-27(19-35)33(37)36-29-11-14-30(15-12-29)39-20-24-6-9-28(34)10-7-24/h4-18H,20-21H2,1-3H3,(H,36,37)/b27-17+. The molecule has 0 saturated heterocycles. The zero-order valence-corrected chi connectivity index (χ0v) is 24.1. The molecule has 7 heteroatoms. The van der Waals surface area contributed by atoms with Crippen molar-refractivity contribution in [1.82, 2.24) is 0 Å². The number of methoxy groups -OCH3 is 1. The van der Waals surface area contributed by atoms with E-state index in [1.807, 2.05) is 36.4 Å². The van der Waals surface area contributed by atoms with Gasteiger partial charge in [0.25, 0.3) is 5.91 Å². The number of ether oxygens (including phenoxy) is 3. The zero-order valence-electron chi connectivity index (χ0n) is 22.5. The predicted molar refractivity (Wildman–Crippen MR) is 160 cm³/mol. The normalized spacial score (nSPS) is 10.9. The highest BCUT2D eigenvalue weighted by Crippen LogP contribution is 2.28. The number of anilines is 1. The Morgan fingerprint density at radius 3 is 2.20 bits per heavy atom. The second-order valence-corrected chi connectivity index (χ2v) is 10.1. The number of carbonyl (C=O) groups is 1. The Morgan fingerprint density at radius 1 is 0.850 bits per heavy atom. The van der Waals surface area contributed by atoms with E-state index in [0.29, 0.717) is 41.7 Å². The molecule has 4 aromatic carbocycles. The van der Waals surface area contributed by atoms with Crippen LogP contribution >= 0.6 is 15.9 Å². The number of nitrogens with one attached hydrogen (secondary N) is 1. The van der Waals surface area contributed by atoms with Crippen molar-refractivity contribution >= 4 is 33.6 Å². The van der Waals surface area contributed by atoms with Gasteiger partial charge in [0, 0.05) is 21.8 Å². The van der Waals surface area contributed by atoms with Gasteiger partial charge in [0.15, 0.2) is 0 Å². The molecule has 0 spiro atoms. The molecule has 0 radical (unpaired) electrons. The Hall–Kier alpha value is -4.54. The van der Waals surface area contributed by atoms with E-state index in [1.165, 1.54) is 17.2 Å². The van der Waals surface area contributed by atoms with E-state index in [2.05, 4.69) is 47.2 Å². The van der Waals surface area contributed by atoms with Crippen molar-refractivity contribution in [3.8, 4) is 23.3 Å². The molecule has 40 heavy (non-hydrogen) atoms. The van der Waals surface area contributed by atoms with E-state index in [4.69, 9.17) is 14.2 Å². The van der Waals surface area contributed by atoms with Gasteiger partial charge in [-0.1, -0.05) is 46.3 Å². The molecule has 0 saturated carbocycles. The van der Waals surface area contributed by atoms with E-state index < -0.39 is 5.91 Å². The topological polar surface area (TPSA) is 80.6 Å². The molecule has 0 aliphatic heterocycles. The lowest BCUT2D eigenvalue weighted by Gasteiger charge is -2.13. The van der Waals surface area contributed by atoms with Gasteiger partial charge < -0.3 is 19.5 Å². The van der Waals surface area contributed by atoms with Crippen LogP contribution in [0.15, 0.2) is 95.0 Å². The summed E-state index contributed by atoms with van der Waals surface area (Å²) in [4.78, 5) is 13.0. The number of rotatable bonds is 10. The van der Waals surface area contributed by atoms with Crippen molar-refractivity contribution in [1.29, 1.82) is 5.26 Å². The third-order valence-electron chi connectivity index (χ3n) is 6.28. The second-order valence-electron chi connectivity index (χ2n) is 9.17. The Labute approximate surface area is 243 Å². The fraction of sp³-hybridized carbons (Fsp3) is 0.152. The average Bonchev–Trinajstić information content (AvgIpc) is 2.97. The number of nitriles is 1. The minimum absolute atomic E-state index is 0.0586. The maximum Gasteiger partial charge on any atom is 0.266 e. The van der Waals surface area contributed by atoms with Gasteiger partial charge in [-0.25, -0.2) is 0 Å². The molecule has 1 amide bonds. The number of amides is 1. The van der Waals surface area contributed by atoms with E-state index in [0.717, 1.165) is 15.6 Å². The summed E-state index contributed by atoms with van der Waals surface area (Å²) in [5, 5.41) is 12.5. The largest absolute Gasteiger partial charge is 0.497 e. The van der Waals surface area contributed by atoms with Crippen molar-refractivity contribution in [2.75, 3.05) is 12.4 Å². The highest BCUT2D eigenvalue weighted by molar-refractivity contribution is 9.10. The number of benzene rings is 4. The third-order valence-corrected chi connectivity index (χ3v) is 6.81. The molecule has 0 aromatic heterocycles. The van der Waals surface area contributed by atoms with E-state index >= 15 is 0 Å². The van der Waals surface area contributed by atoms with E-state index in [1.54, 1.807) is 49.6 Å². The Bertz CT molecular complexity index is 1560. The zero-order chi connectivity index (χ0) is 28.5. The maximum absolute atomic E-state index is 13.0. The minimum atomic E-state index is -0.526. The van der Waals surface area contributed by atoms with Crippen LogP contribution in [0, 0.1) is 25.2 Å². The third kappa shape index (κ3) is 7.75. The molecule has 4 aromatic rings. The fourth-order valence-electron chi connectivity index (χ4n) is 3.82. The molecule has 0 fully saturated rings. The first kappa shape index (κ1) is 28.5. The number of nitrogens with zero attached hydrogens (tertiary/aromatic N) is 1. The first-order chi connectivity index (χ1) is 19.3. The molecule has 0 unspecified atom stereocenters. The van der Waals surface area contributed by atoms with Crippen molar-refractivity contribution in [2.45, 2.75) is 27.1 Å². The molecular formula is C33H29BrN2O4. The summed E-state index contributed by atoms with van der Waals surface area (Å²) in [6.45, 7) is 4.88. The summed E-state index contributed by atoms with van der Waals surface area (Å²) in [6, 6.07) is 28.3. The quantitative estimate of drug-likeness (QED) is 0.149. The Balaban J connectivity index is 1.44. The first-order valence-corrected chi connectivity index (χ1v) is 13.4. The number of carbonyl (C=O) groups excluding carboxylic acids is 1. The summed E-state index contributed by atoms with van der Waals surface area (Å²) >= 11 is 3.42. The summed E-state index contributed by atoms with van der Waals surface area (Å²) < 4.78 is 18.3.